The fourth-order valence-electron chi connectivity index (χ4n) is 3.67. The van der Waals surface area contributed by atoms with Gasteiger partial charge in [-0.05, 0) is 25.0 Å². The summed E-state index contributed by atoms with van der Waals surface area (Å²) in [6.45, 7) is 6.91. The summed E-state index contributed by atoms with van der Waals surface area (Å²) < 4.78 is 0. The molecule has 2 unspecified atom stereocenters. The van der Waals surface area contributed by atoms with E-state index in [0.29, 0.717) is 18.6 Å². The van der Waals surface area contributed by atoms with E-state index in [1.807, 2.05) is 60.7 Å². The molecule has 0 bridgehead atoms. The smallest absolute Gasteiger partial charge is 0.127 e. The lowest BCUT2D eigenvalue weighted by atomic mass is 9.85. The number of nitrogens with one attached hydrogen (secondary N) is 1. The van der Waals surface area contributed by atoms with Crippen molar-refractivity contribution in [2.24, 2.45) is 0 Å². The van der Waals surface area contributed by atoms with Crippen LogP contribution >= 0.6 is 0 Å². The molecule has 0 amide bonds. The van der Waals surface area contributed by atoms with Gasteiger partial charge in [-0.25, -0.2) is 0 Å². The van der Waals surface area contributed by atoms with Crippen LogP contribution in [0.3, 0.4) is 0 Å². The number of piperazine rings is 1. The molecular weight excluding hydrogens is 284 g/mol. The maximum Gasteiger partial charge on any atom is 0.127 e. The van der Waals surface area contributed by atoms with Crippen molar-refractivity contribution < 1.29 is 5.11 Å². The van der Waals surface area contributed by atoms with Crippen LogP contribution in [-0.4, -0.2) is 41.7 Å². The maximum absolute atomic E-state index is 11.6. The first-order valence-electron chi connectivity index (χ1n) is 8.40. The minimum Gasteiger partial charge on any atom is -0.379 e. The van der Waals surface area contributed by atoms with E-state index < -0.39 is 5.60 Å². The number of benzene rings is 2. The lowest BCUT2D eigenvalue weighted by Gasteiger charge is -2.41. The average Bonchev–Trinajstić information content (AvgIpc) is 2.55. The van der Waals surface area contributed by atoms with Crippen molar-refractivity contribution in [3.63, 3.8) is 0 Å². The molecule has 2 aromatic rings. The molecule has 3 nitrogen and oxygen atoms in total. The molecule has 1 fully saturated rings. The minimum atomic E-state index is -0.987. The Morgan fingerprint density at radius 2 is 1.35 bits per heavy atom. The third-order valence-corrected chi connectivity index (χ3v) is 4.59. The van der Waals surface area contributed by atoms with E-state index >= 15 is 0 Å². The molecule has 1 saturated heterocycles. The molecule has 23 heavy (non-hydrogen) atoms. The Morgan fingerprint density at radius 1 is 0.913 bits per heavy atom. The molecule has 0 aromatic heterocycles. The quantitative estimate of drug-likeness (QED) is 0.911. The SMILES string of the molecule is CC1CN(CC(O)(c2ccccc2)c2ccccc2)CC(C)N1. The van der Waals surface area contributed by atoms with Gasteiger partial charge in [-0.2, -0.15) is 0 Å². The molecule has 0 saturated carbocycles. The summed E-state index contributed by atoms with van der Waals surface area (Å²) in [6.07, 6.45) is 0. The Morgan fingerprint density at radius 3 is 1.78 bits per heavy atom. The molecule has 2 aromatic carbocycles. The predicted octanol–water partition coefficient (Wildman–Crippen LogP) is 2.60. The van der Waals surface area contributed by atoms with Crippen molar-refractivity contribution in [2.75, 3.05) is 19.6 Å². The van der Waals surface area contributed by atoms with Crippen LogP contribution in [0.5, 0.6) is 0 Å². The number of aliphatic hydroxyl groups is 1. The summed E-state index contributed by atoms with van der Waals surface area (Å²) in [5, 5.41) is 15.2. The van der Waals surface area contributed by atoms with Crippen LogP contribution in [0.1, 0.15) is 25.0 Å². The van der Waals surface area contributed by atoms with E-state index in [1.54, 1.807) is 0 Å². The highest BCUT2D eigenvalue weighted by molar-refractivity contribution is 5.36. The van der Waals surface area contributed by atoms with Gasteiger partial charge in [-0.15, -0.1) is 0 Å². The predicted molar refractivity (Wildman–Crippen MR) is 94.4 cm³/mol. The van der Waals surface area contributed by atoms with Gasteiger partial charge in [0.25, 0.3) is 0 Å². The van der Waals surface area contributed by atoms with Gasteiger partial charge < -0.3 is 10.4 Å². The molecule has 1 heterocycles. The molecule has 0 radical (unpaired) electrons. The average molecular weight is 310 g/mol. The van der Waals surface area contributed by atoms with Crippen LogP contribution in [-0.2, 0) is 5.60 Å². The third-order valence-electron chi connectivity index (χ3n) is 4.59. The number of hydrogen-bond acceptors (Lipinski definition) is 3. The van der Waals surface area contributed by atoms with Crippen molar-refractivity contribution in [3.05, 3.63) is 71.8 Å². The van der Waals surface area contributed by atoms with Crippen molar-refractivity contribution in [1.82, 2.24) is 10.2 Å². The third kappa shape index (κ3) is 3.63. The van der Waals surface area contributed by atoms with Crippen LogP contribution in [0, 0.1) is 0 Å². The van der Waals surface area contributed by atoms with E-state index in [2.05, 4.69) is 24.1 Å². The molecule has 122 valence electrons. The molecule has 2 atom stereocenters. The number of hydrogen-bond donors (Lipinski definition) is 2. The van der Waals surface area contributed by atoms with Crippen LogP contribution < -0.4 is 5.32 Å². The van der Waals surface area contributed by atoms with Gasteiger partial charge in [-0.1, -0.05) is 60.7 Å². The normalized spacial score (nSPS) is 22.9. The van der Waals surface area contributed by atoms with Crippen LogP contribution in [0.2, 0.25) is 0 Å². The highest BCUT2D eigenvalue weighted by atomic mass is 16.3. The largest absolute Gasteiger partial charge is 0.379 e. The lowest BCUT2D eigenvalue weighted by molar-refractivity contribution is 0.0211. The Balaban J connectivity index is 1.93. The Labute approximate surface area is 139 Å². The maximum atomic E-state index is 11.6. The summed E-state index contributed by atoms with van der Waals surface area (Å²) >= 11 is 0. The fourth-order valence-corrected chi connectivity index (χ4v) is 3.67. The highest BCUT2D eigenvalue weighted by Gasteiger charge is 2.35. The van der Waals surface area contributed by atoms with E-state index in [-0.39, 0.29) is 0 Å². The summed E-state index contributed by atoms with van der Waals surface area (Å²) in [6, 6.07) is 20.9. The first kappa shape index (κ1) is 16.2. The second-order valence-electron chi connectivity index (χ2n) is 6.76. The minimum absolute atomic E-state index is 0.439. The Hall–Kier alpha value is -1.68. The fraction of sp³-hybridized carbons (Fsp3) is 0.400. The molecular formula is C20H26N2O. The van der Waals surface area contributed by atoms with Crippen LogP contribution in [0.25, 0.3) is 0 Å². The zero-order valence-corrected chi connectivity index (χ0v) is 13.9. The molecule has 3 heteroatoms. The van der Waals surface area contributed by atoms with Crippen molar-refractivity contribution >= 4 is 0 Å². The second kappa shape index (κ2) is 6.83. The van der Waals surface area contributed by atoms with E-state index in [9.17, 15) is 5.11 Å². The van der Waals surface area contributed by atoms with Gasteiger partial charge in [0.15, 0.2) is 0 Å². The molecule has 2 N–H and O–H groups in total. The van der Waals surface area contributed by atoms with Gasteiger partial charge >= 0.3 is 0 Å². The van der Waals surface area contributed by atoms with E-state index in [0.717, 1.165) is 24.2 Å². The molecule has 3 rings (SSSR count). The Bertz CT molecular complexity index is 565. The van der Waals surface area contributed by atoms with Crippen molar-refractivity contribution in [1.29, 1.82) is 0 Å². The number of β-amino-alcohol motifs (C(OH)–C–C–N with tert-alkyl or cyclic N) is 1. The first-order valence-corrected chi connectivity index (χ1v) is 8.40. The topological polar surface area (TPSA) is 35.5 Å². The zero-order chi connectivity index (χ0) is 16.3. The van der Waals surface area contributed by atoms with Crippen molar-refractivity contribution in [2.45, 2.75) is 31.5 Å². The molecule has 0 spiro atoms. The number of rotatable bonds is 4. The summed E-state index contributed by atoms with van der Waals surface area (Å²) in [7, 11) is 0. The summed E-state index contributed by atoms with van der Waals surface area (Å²) in [5.41, 5.74) is 0.911. The lowest BCUT2D eigenvalue weighted by Crippen LogP contribution is -2.57. The van der Waals surface area contributed by atoms with Gasteiger partial charge in [0.05, 0.1) is 0 Å². The monoisotopic (exact) mass is 310 g/mol. The van der Waals surface area contributed by atoms with Crippen LogP contribution in [0.15, 0.2) is 60.7 Å². The van der Waals surface area contributed by atoms with Gasteiger partial charge in [-0.3, -0.25) is 4.90 Å². The molecule has 1 aliphatic heterocycles. The van der Waals surface area contributed by atoms with Gasteiger partial charge in [0, 0.05) is 31.7 Å². The Kier molecular flexibility index (Phi) is 4.81. The van der Waals surface area contributed by atoms with E-state index in [1.165, 1.54) is 0 Å². The number of nitrogens with zero attached hydrogens (tertiary/aromatic N) is 1. The highest BCUT2D eigenvalue weighted by Crippen LogP contribution is 2.31. The van der Waals surface area contributed by atoms with Crippen molar-refractivity contribution in [3.8, 4) is 0 Å². The van der Waals surface area contributed by atoms with E-state index in [4.69, 9.17) is 0 Å². The van der Waals surface area contributed by atoms with Gasteiger partial charge in [0.2, 0.25) is 0 Å². The standard InChI is InChI=1S/C20H26N2O/c1-16-13-22(14-17(2)21-16)15-20(23,18-9-5-3-6-10-18)19-11-7-4-8-12-19/h3-12,16-17,21,23H,13-15H2,1-2H3. The van der Waals surface area contributed by atoms with Gasteiger partial charge in [0.1, 0.15) is 5.60 Å². The summed E-state index contributed by atoms with van der Waals surface area (Å²) in [4.78, 5) is 2.37. The zero-order valence-electron chi connectivity index (χ0n) is 13.9. The first-order chi connectivity index (χ1) is 11.1. The summed E-state index contributed by atoms with van der Waals surface area (Å²) in [5.74, 6) is 0. The molecule has 1 aliphatic rings. The second-order valence-corrected chi connectivity index (χ2v) is 6.76. The molecule has 0 aliphatic carbocycles. The van der Waals surface area contributed by atoms with Crippen LogP contribution in [0.4, 0.5) is 0 Å².